The van der Waals surface area contributed by atoms with Crippen molar-refractivity contribution in [3.05, 3.63) is 29.8 Å². The zero-order valence-electron chi connectivity index (χ0n) is 11.1. The van der Waals surface area contributed by atoms with Gasteiger partial charge in [0.15, 0.2) is 6.61 Å². The summed E-state index contributed by atoms with van der Waals surface area (Å²) in [5.74, 6) is -0.462. The van der Waals surface area contributed by atoms with Gasteiger partial charge in [0.25, 0.3) is 0 Å². The van der Waals surface area contributed by atoms with Crippen molar-refractivity contribution < 1.29 is 19.1 Å². The molecule has 20 heavy (non-hydrogen) atoms. The molecule has 1 fully saturated rings. The van der Waals surface area contributed by atoms with Gasteiger partial charge < -0.3 is 9.47 Å². The van der Waals surface area contributed by atoms with Crippen LogP contribution in [0.5, 0.6) is 5.75 Å². The van der Waals surface area contributed by atoms with Crippen molar-refractivity contribution in [2.45, 2.75) is 17.7 Å². The quantitative estimate of drug-likeness (QED) is 0.476. The number of hydrogen-bond donors (Lipinski definition) is 0. The Bertz CT molecular complexity index is 556. The number of methoxy groups -OCH3 is 1. The molecule has 6 heteroatoms. The lowest BCUT2D eigenvalue weighted by Crippen LogP contribution is -2.24. The number of ether oxygens (including phenoxy) is 2. The average Bonchev–Trinajstić information content (AvgIpc) is 2.95. The van der Waals surface area contributed by atoms with Crippen molar-refractivity contribution in [3.63, 3.8) is 0 Å². The van der Waals surface area contributed by atoms with E-state index in [1.165, 1.54) is 7.11 Å². The van der Waals surface area contributed by atoms with Gasteiger partial charge in [-0.2, -0.15) is 0 Å². The van der Waals surface area contributed by atoms with Gasteiger partial charge in [0, 0.05) is 6.42 Å². The number of rotatable bonds is 5. The zero-order valence-corrected chi connectivity index (χ0v) is 12.6. The molecule has 1 saturated carbocycles. The van der Waals surface area contributed by atoms with Crippen LogP contribution in [0.1, 0.15) is 23.7 Å². The Labute approximate surface area is 127 Å². The number of carbonyl (C=O) groups excluding carboxylic acids is 2. The first-order valence-electron chi connectivity index (χ1n) is 6.03. The van der Waals surface area contributed by atoms with Crippen molar-refractivity contribution in [1.82, 2.24) is 0 Å². The van der Waals surface area contributed by atoms with Crippen molar-refractivity contribution in [3.8, 4) is 5.75 Å². The van der Waals surface area contributed by atoms with Gasteiger partial charge in [-0.1, -0.05) is 12.1 Å². The minimum Gasteiger partial charge on any atom is -0.496 e. The highest BCUT2D eigenvalue weighted by Gasteiger charge is 2.69. The van der Waals surface area contributed by atoms with Crippen LogP contribution in [0.4, 0.5) is 0 Å². The van der Waals surface area contributed by atoms with Crippen LogP contribution < -0.4 is 4.74 Å². The highest BCUT2D eigenvalue weighted by molar-refractivity contribution is 6.53. The summed E-state index contributed by atoms with van der Waals surface area (Å²) >= 11 is 11.8. The first-order valence-corrected chi connectivity index (χ1v) is 6.79. The molecule has 2 rings (SSSR count). The predicted molar refractivity (Wildman–Crippen MR) is 75.4 cm³/mol. The molecule has 1 aliphatic rings. The second-order valence-electron chi connectivity index (χ2n) is 4.91. The smallest absolute Gasteiger partial charge is 0.315 e. The lowest BCUT2D eigenvalue weighted by Gasteiger charge is -2.12. The monoisotopic (exact) mass is 316 g/mol. The van der Waals surface area contributed by atoms with E-state index in [1.807, 2.05) is 0 Å². The molecule has 0 N–H and O–H groups in total. The van der Waals surface area contributed by atoms with Crippen LogP contribution in [0, 0.1) is 5.41 Å². The molecule has 0 unspecified atom stereocenters. The van der Waals surface area contributed by atoms with Crippen LogP contribution in [-0.4, -0.2) is 29.8 Å². The van der Waals surface area contributed by atoms with Gasteiger partial charge in [0.2, 0.25) is 5.78 Å². The van der Waals surface area contributed by atoms with Gasteiger partial charge in [-0.25, -0.2) is 0 Å². The second-order valence-corrected chi connectivity index (χ2v) is 6.40. The third-order valence-electron chi connectivity index (χ3n) is 3.45. The molecule has 0 bridgehead atoms. The fraction of sp³-hybridized carbons (Fsp3) is 0.429. The van der Waals surface area contributed by atoms with Gasteiger partial charge in [0.05, 0.1) is 12.7 Å². The number of ketones is 1. The second kappa shape index (κ2) is 5.26. The number of alkyl halides is 2. The number of halogens is 2. The molecule has 1 aliphatic carbocycles. The maximum atomic E-state index is 12.0. The van der Waals surface area contributed by atoms with Gasteiger partial charge in [-0.15, -0.1) is 23.2 Å². The lowest BCUT2D eigenvalue weighted by molar-refractivity contribution is -0.148. The minimum absolute atomic E-state index is 0.324. The van der Waals surface area contributed by atoms with Gasteiger partial charge in [-0.3, -0.25) is 9.59 Å². The first-order chi connectivity index (χ1) is 9.32. The molecular weight excluding hydrogens is 303 g/mol. The number of para-hydroxylation sites is 1. The minimum atomic E-state index is -1.10. The number of Topliss-reactive ketones (excluding diaryl/α,β-unsaturated/α-hetero) is 1. The van der Waals surface area contributed by atoms with Crippen LogP contribution in [0.25, 0.3) is 0 Å². The van der Waals surface area contributed by atoms with E-state index in [-0.39, 0.29) is 12.4 Å². The Hall–Kier alpha value is -1.26. The summed E-state index contributed by atoms with van der Waals surface area (Å²) in [6.07, 6.45) is 0.324. The van der Waals surface area contributed by atoms with E-state index >= 15 is 0 Å². The Morgan fingerprint density at radius 3 is 2.45 bits per heavy atom. The molecule has 1 aromatic rings. The number of esters is 1. The van der Waals surface area contributed by atoms with Crippen LogP contribution in [0.3, 0.4) is 0 Å². The van der Waals surface area contributed by atoms with Crippen LogP contribution in [-0.2, 0) is 9.53 Å². The number of benzene rings is 1. The van der Waals surface area contributed by atoms with Crippen molar-refractivity contribution in [2.24, 2.45) is 5.41 Å². The maximum absolute atomic E-state index is 12.0. The summed E-state index contributed by atoms with van der Waals surface area (Å²) in [4.78, 5) is 23.9. The maximum Gasteiger partial charge on any atom is 0.315 e. The normalized spacial score (nSPS) is 23.0. The van der Waals surface area contributed by atoms with Crippen LogP contribution in [0.2, 0.25) is 0 Å². The summed E-state index contributed by atoms with van der Waals surface area (Å²) in [5.41, 5.74) is -0.566. The summed E-state index contributed by atoms with van der Waals surface area (Å²) in [5, 5.41) is 0. The molecule has 1 aromatic carbocycles. The summed E-state index contributed by atoms with van der Waals surface area (Å²) in [6, 6.07) is 6.74. The SMILES string of the molecule is COc1ccccc1C(=O)COC(=O)[C@]1(C)CC1(Cl)Cl. The summed E-state index contributed by atoms with van der Waals surface area (Å²) in [6.45, 7) is 1.25. The van der Waals surface area contributed by atoms with Gasteiger partial charge in [0.1, 0.15) is 15.5 Å². The fourth-order valence-electron chi connectivity index (χ4n) is 1.86. The van der Waals surface area contributed by atoms with E-state index < -0.39 is 15.7 Å². The van der Waals surface area contributed by atoms with E-state index in [2.05, 4.69) is 0 Å². The molecule has 0 aromatic heterocycles. The molecule has 0 amide bonds. The van der Waals surface area contributed by atoms with E-state index in [4.69, 9.17) is 32.7 Å². The molecule has 0 aliphatic heterocycles. The van der Waals surface area contributed by atoms with Crippen molar-refractivity contribution in [2.75, 3.05) is 13.7 Å². The zero-order chi connectivity index (χ0) is 15.0. The summed E-state index contributed by atoms with van der Waals surface area (Å²) in [7, 11) is 1.47. The van der Waals surface area contributed by atoms with Crippen molar-refractivity contribution in [1.29, 1.82) is 0 Å². The topological polar surface area (TPSA) is 52.6 Å². The molecule has 0 saturated heterocycles. The molecular formula is C14H14Cl2O4. The third-order valence-corrected chi connectivity index (χ3v) is 4.55. The Kier molecular flexibility index (Phi) is 3.98. The molecule has 4 nitrogen and oxygen atoms in total. The fourth-order valence-corrected chi connectivity index (χ4v) is 2.55. The van der Waals surface area contributed by atoms with E-state index in [1.54, 1.807) is 31.2 Å². The van der Waals surface area contributed by atoms with Gasteiger partial charge in [-0.05, 0) is 19.1 Å². The predicted octanol–water partition coefficient (Wildman–Crippen LogP) is 3.01. The third kappa shape index (κ3) is 2.63. The highest BCUT2D eigenvalue weighted by atomic mass is 35.5. The van der Waals surface area contributed by atoms with Crippen LogP contribution >= 0.6 is 23.2 Å². The molecule has 0 spiro atoms. The largest absolute Gasteiger partial charge is 0.496 e. The van der Waals surface area contributed by atoms with Gasteiger partial charge >= 0.3 is 5.97 Å². The molecule has 1 atom stereocenters. The Morgan fingerprint density at radius 2 is 1.90 bits per heavy atom. The number of hydrogen-bond acceptors (Lipinski definition) is 4. The van der Waals surface area contributed by atoms with E-state index in [0.717, 1.165) is 0 Å². The standard InChI is InChI=1S/C14H14Cl2O4/c1-13(8-14(13,15)16)12(18)20-7-10(17)9-5-3-4-6-11(9)19-2/h3-6H,7-8H2,1-2H3/t13-/m0/s1. The van der Waals surface area contributed by atoms with Crippen molar-refractivity contribution >= 4 is 35.0 Å². The lowest BCUT2D eigenvalue weighted by atomic mass is 10.1. The molecule has 0 radical (unpaired) electrons. The highest BCUT2D eigenvalue weighted by Crippen LogP contribution is 2.64. The summed E-state index contributed by atoms with van der Waals surface area (Å²) < 4.78 is 8.99. The van der Waals surface area contributed by atoms with E-state index in [0.29, 0.717) is 17.7 Å². The molecule has 108 valence electrons. The van der Waals surface area contributed by atoms with E-state index in [9.17, 15) is 9.59 Å². The molecule has 0 heterocycles. The van der Waals surface area contributed by atoms with Crippen LogP contribution in [0.15, 0.2) is 24.3 Å². The Balaban J connectivity index is 1.98. The number of carbonyl (C=O) groups is 2. The Morgan fingerprint density at radius 1 is 1.30 bits per heavy atom. The average molecular weight is 317 g/mol. The first kappa shape index (κ1) is 15.1.